The summed E-state index contributed by atoms with van der Waals surface area (Å²) in [6.45, 7) is -0.207. The van der Waals surface area contributed by atoms with Gasteiger partial charge in [-0.1, -0.05) is 36.4 Å². The predicted octanol–water partition coefficient (Wildman–Crippen LogP) is 1.68. The zero-order valence-electron chi connectivity index (χ0n) is 12.6. The molecule has 1 aliphatic rings. The Morgan fingerprint density at radius 2 is 1.87 bits per heavy atom. The number of carbonyl (C=O) groups excluding carboxylic acids is 1. The number of hydrogen-bond donors (Lipinski definition) is 3. The van der Waals surface area contributed by atoms with Crippen LogP contribution < -0.4 is 5.73 Å². The summed E-state index contributed by atoms with van der Waals surface area (Å²) in [5, 5.41) is 18.9. The minimum Gasteiger partial charge on any atom is -0.398 e. The molecule has 1 heterocycles. The topological polar surface area (TPSA) is 92.8 Å². The molecule has 1 aliphatic heterocycles. The number of carbonyl (C=O) groups is 1. The fourth-order valence-corrected chi connectivity index (χ4v) is 2.82. The van der Waals surface area contributed by atoms with E-state index < -0.39 is 12.2 Å². The van der Waals surface area contributed by atoms with Gasteiger partial charge in [-0.25, -0.2) is 0 Å². The number of anilines is 1. The Bertz CT molecular complexity index is 698. The number of nitrogen functional groups attached to an aromatic ring is 1. The van der Waals surface area contributed by atoms with Crippen molar-refractivity contribution in [3.05, 3.63) is 65.2 Å². The van der Waals surface area contributed by atoms with Crippen molar-refractivity contribution in [2.75, 3.05) is 12.3 Å². The Hall–Kier alpha value is -2.21. The molecule has 3 atom stereocenters. The molecule has 0 aromatic heterocycles. The van der Waals surface area contributed by atoms with E-state index in [2.05, 4.69) is 0 Å². The van der Waals surface area contributed by atoms with Gasteiger partial charge in [0, 0.05) is 23.2 Å². The number of para-hydroxylation sites is 1. The molecule has 2 aromatic carbocycles. The number of hydrogen-bond acceptors (Lipinski definition) is 5. The average molecular weight is 313 g/mol. The van der Waals surface area contributed by atoms with Gasteiger partial charge in [0.1, 0.15) is 6.10 Å². The molecule has 120 valence electrons. The lowest BCUT2D eigenvalue weighted by atomic mass is 9.98. The lowest BCUT2D eigenvalue weighted by molar-refractivity contribution is -0.0225. The van der Waals surface area contributed by atoms with E-state index in [1.807, 2.05) is 12.1 Å². The van der Waals surface area contributed by atoms with Crippen molar-refractivity contribution in [3.63, 3.8) is 0 Å². The summed E-state index contributed by atoms with van der Waals surface area (Å²) in [7, 11) is 0. The van der Waals surface area contributed by atoms with Gasteiger partial charge in [-0.05, 0) is 17.7 Å². The molecule has 23 heavy (non-hydrogen) atoms. The van der Waals surface area contributed by atoms with Gasteiger partial charge in [0.05, 0.1) is 18.8 Å². The molecule has 0 radical (unpaired) electrons. The molecule has 2 aromatic rings. The predicted molar refractivity (Wildman–Crippen MR) is 86.1 cm³/mol. The van der Waals surface area contributed by atoms with Crippen LogP contribution >= 0.6 is 0 Å². The molecule has 0 saturated carbocycles. The zero-order valence-corrected chi connectivity index (χ0v) is 12.6. The molecule has 5 heteroatoms. The Morgan fingerprint density at radius 3 is 2.48 bits per heavy atom. The van der Waals surface area contributed by atoms with E-state index >= 15 is 0 Å². The van der Waals surface area contributed by atoms with E-state index in [-0.39, 0.29) is 18.5 Å². The SMILES string of the molecule is Nc1ccccc1C(=O)c1ccc([C@@H]2C[C@@H](O)[C@H](CO)O2)cc1. The first-order valence-corrected chi connectivity index (χ1v) is 7.53. The van der Waals surface area contributed by atoms with Crippen LogP contribution in [0, 0.1) is 0 Å². The minimum atomic E-state index is -0.671. The quantitative estimate of drug-likeness (QED) is 0.590. The van der Waals surface area contributed by atoms with E-state index in [0.29, 0.717) is 23.2 Å². The number of aliphatic hydroxyl groups excluding tert-OH is 2. The summed E-state index contributed by atoms with van der Waals surface area (Å²) in [6.07, 6.45) is -1.06. The van der Waals surface area contributed by atoms with Crippen molar-refractivity contribution in [1.82, 2.24) is 0 Å². The van der Waals surface area contributed by atoms with Crippen LogP contribution in [-0.2, 0) is 4.74 Å². The molecule has 1 saturated heterocycles. The number of rotatable bonds is 4. The van der Waals surface area contributed by atoms with Gasteiger partial charge in [-0.2, -0.15) is 0 Å². The normalized spacial score (nSPS) is 23.8. The summed E-state index contributed by atoms with van der Waals surface area (Å²) < 4.78 is 5.61. The first-order chi connectivity index (χ1) is 11.1. The second-order valence-electron chi connectivity index (χ2n) is 5.69. The van der Waals surface area contributed by atoms with Crippen LogP contribution in [0.15, 0.2) is 48.5 Å². The molecular formula is C18H19NO4. The number of aliphatic hydroxyl groups is 2. The third-order valence-corrected chi connectivity index (χ3v) is 4.15. The highest BCUT2D eigenvalue weighted by Gasteiger charge is 2.34. The second-order valence-corrected chi connectivity index (χ2v) is 5.69. The summed E-state index contributed by atoms with van der Waals surface area (Å²) >= 11 is 0. The van der Waals surface area contributed by atoms with E-state index in [1.54, 1.807) is 36.4 Å². The highest BCUT2D eigenvalue weighted by molar-refractivity contribution is 6.12. The maximum absolute atomic E-state index is 12.5. The highest BCUT2D eigenvalue weighted by atomic mass is 16.5. The summed E-state index contributed by atoms with van der Waals surface area (Å²) in [5.74, 6) is -0.129. The number of nitrogens with two attached hydrogens (primary N) is 1. The van der Waals surface area contributed by atoms with E-state index in [1.165, 1.54) is 0 Å². The van der Waals surface area contributed by atoms with Crippen LogP contribution in [0.5, 0.6) is 0 Å². The fourth-order valence-electron chi connectivity index (χ4n) is 2.82. The van der Waals surface area contributed by atoms with Gasteiger partial charge in [-0.3, -0.25) is 4.79 Å². The maximum atomic E-state index is 12.5. The Kier molecular flexibility index (Phi) is 4.43. The Balaban J connectivity index is 1.78. The Morgan fingerprint density at radius 1 is 1.17 bits per heavy atom. The van der Waals surface area contributed by atoms with E-state index in [0.717, 1.165) is 5.56 Å². The maximum Gasteiger partial charge on any atom is 0.195 e. The Labute approximate surface area is 134 Å². The van der Waals surface area contributed by atoms with Crippen molar-refractivity contribution < 1.29 is 19.7 Å². The third kappa shape index (κ3) is 3.12. The number of ketones is 1. The zero-order chi connectivity index (χ0) is 16.4. The summed E-state index contributed by atoms with van der Waals surface area (Å²) in [4.78, 5) is 12.5. The molecule has 0 amide bonds. The highest BCUT2D eigenvalue weighted by Crippen LogP contribution is 2.33. The lowest BCUT2D eigenvalue weighted by Gasteiger charge is -2.13. The molecule has 0 unspecified atom stereocenters. The molecule has 0 aliphatic carbocycles. The van der Waals surface area contributed by atoms with Crippen molar-refractivity contribution >= 4 is 11.5 Å². The molecular weight excluding hydrogens is 294 g/mol. The second kappa shape index (κ2) is 6.50. The van der Waals surface area contributed by atoms with Crippen LogP contribution in [0.3, 0.4) is 0 Å². The van der Waals surface area contributed by atoms with Gasteiger partial charge in [0.25, 0.3) is 0 Å². The van der Waals surface area contributed by atoms with Crippen LogP contribution in [0.4, 0.5) is 5.69 Å². The van der Waals surface area contributed by atoms with Crippen LogP contribution in [0.1, 0.15) is 34.0 Å². The molecule has 0 bridgehead atoms. The molecule has 1 fully saturated rings. The number of benzene rings is 2. The van der Waals surface area contributed by atoms with Gasteiger partial charge in [0.15, 0.2) is 5.78 Å². The molecule has 5 nitrogen and oxygen atoms in total. The summed E-state index contributed by atoms with van der Waals surface area (Å²) in [6, 6.07) is 14.0. The number of ether oxygens (including phenoxy) is 1. The first kappa shape index (κ1) is 15.7. The monoisotopic (exact) mass is 313 g/mol. The standard InChI is InChI=1S/C18H19NO4/c19-14-4-2-1-3-13(14)18(22)12-7-5-11(6-8-12)16-9-15(21)17(10-20)23-16/h1-8,15-17,20-21H,9-10,19H2/t15-,16+,17+/m1/s1. The minimum absolute atomic E-state index is 0.129. The van der Waals surface area contributed by atoms with Gasteiger partial charge < -0.3 is 20.7 Å². The van der Waals surface area contributed by atoms with Crippen molar-refractivity contribution in [1.29, 1.82) is 0 Å². The smallest absolute Gasteiger partial charge is 0.195 e. The largest absolute Gasteiger partial charge is 0.398 e. The van der Waals surface area contributed by atoms with Crippen LogP contribution in [0.25, 0.3) is 0 Å². The third-order valence-electron chi connectivity index (χ3n) is 4.15. The van der Waals surface area contributed by atoms with Gasteiger partial charge in [0.2, 0.25) is 0 Å². The van der Waals surface area contributed by atoms with Crippen molar-refractivity contribution in [3.8, 4) is 0 Å². The van der Waals surface area contributed by atoms with Crippen LogP contribution in [0.2, 0.25) is 0 Å². The van der Waals surface area contributed by atoms with Crippen molar-refractivity contribution in [2.45, 2.75) is 24.7 Å². The van der Waals surface area contributed by atoms with E-state index in [4.69, 9.17) is 15.6 Å². The van der Waals surface area contributed by atoms with Crippen LogP contribution in [-0.4, -0.2) is 34.8 Å². The fraction of sp³-hybridized carbons (Fsp3) is 0.278. The van der Waals surface area contributed by atoms with Gasteiger partial charge in [-0.15, -0.1) is 0 Å². The first-order valence-electron chi connectivity index (χ1n) is 7.53. The average Bonchev–Trinajstić information content (AvgIpc) is 2.96. The van der Waals surface area contributed by atoms with Crippen molar-refractivity contribution in [2.24, 2.45) is 0 Å². The molecule has 0 spiro atoms. The lowest BCUT2D eigenvalue weighted by Crippen LogP contribution is -2.24. The molecule has 4 N–H and O–H groups in total. The molecule has 3 rings (SSSR count). The summed E-state index contributed by atoms with van der Waals surface area (Å²) in [5.41, 5.74) is 8.19. The van der Waals surface area contributed by atoms with Gasteiger partial charge >= 0.3 is 0 Å². The van der Waals surface area contributed by atoms with E-state index in [9.17, 15) is 9.90 Å².